The summed E-state index contributed by atoms with van der Waals surface area (Å²) in [6.45, 7) is 2.02. The lowest BCUT2D eigenvalue weighted by atomic mass is 10.1. The van der Waals surface area contributed by atoms with Gasteiger partial charge in [0, 0.05) is 26.1 Å². The summed E-state index contributed by atoms with van der Waals surface area (Å²) in [7, 11) is 0. The van der Waals surface area contributed by atoms with E-state index in [-0.39, 0.29) is 33.9 Å². The van der Waals surface area contributed by atoms with Crippen molar-refractivity contribution in [2.24, 2.45) is 0 Å². The zero-order valence-electron chi connectivity index (χ0n) is 18.9. The van der Waals surface area contributed by atoms with Crippen LogP contribution in [0, 0.1) is 20.3 Å². The summed E-state index contributed by atoms with van der Waals surface area (Å²) in [6.07, 6.45) is -0.932. The number of aryl methyl sites for hydroxylation is 2. The van der Waals surface area contributed by atoms with E-state index in [0.717, 1.165) is 4.57 Å². The highest BCUT2D eigenvalue weighted by Crippen LogP contribution is 2.31. The molecular formula is C18H15N3. The fourth-order valence-corrected chi connectivity index (χ4v) is 2.12. The molecule has 0 bridgehead atoms. The Morgan fingerprint density at radius 1 is 1.14 bits per heavy atom. The molecule has 0 aliphatic rings. The number of aromatic nitrogens is 2. The Morgan fingerprint density at radius 2 is 1.90 bits per heavy atom. The molecular weight excluding hydrogens is 258 g/mol. The van der Waals surface area contributed by atoms with E-state index in [0.29, 0.717) is 0 Å². The third kappa shape index (κ3) is 2.21. The van der Waals surface area contributed by atoms with Crippen molar-refractivity contribution in [2.75, 3.05) is 0 Å². The summed E-state index contributed by atoms with van der Waals surface area (Å²) in [6, 6.07) is 10.2. The Balaban J connectivity index is 2.50. The number of para-hydroxylation sites is 2. The highest BCUT2D eigenvalue weighted by molar-refractivity contribution is 5.75. The SMILES string of the molecule is [2H]c1nc(-c2ccccc2[N+]#[C-])n(-c2c(C([2H])([2H])[2H])cccc2C([2H])([2H])[2H])c1[2H]. The van der Waals surface area contributed by atoms with Crippen LogP contribution in [-0.2, 0) is 0 Å². The standard InChI is InChI=1S/C18H15N3/c1-13-7-6-8-14(2)17(13)21-12-11-20-18(21)15-9-4-5-10-16(15)19-3/h4-12H,1-2H3/i1D3,2D3,11D,12D. The molecule has 21 heavy (non-hydrogen) atoms. The number of imidazole rings is 1. The quantitative estimate of drug-likeness (QED) is 0.624. The van der Waals surface area contributed by atoms with Crippen molar-refractivity contribution in [3.05, 3.63) is 77.4 Å². The molecule has 3 heteroatoms. The Morgan fingerprint density at radius 3 is 2.62 bits per heavy atom. The topological polar surface area (TPSA) is 22.2 Å². The predicted octanol–water partition coefficient (Wildman–Crippen LogP) is 4.71. The fourth-order valence-electron chi connectivity index (χ4n) is 2.12. The maximum absolute atomic E-state index is 8.30. The summed E-state index contributed by atoms with van der Waals surface area (Å²) < 4.78 is 64.4. The molecule has 0 unspecified atom stereocenters. The molecule has 0 saturated carbocycles. The summed E-state index contributed by atoms with van der Waals surface area (Å²) in [4.78, 5) is 7.46. The van der Waals surface area contributed by atoms with E-state index in [2.05, 4.69) is 9.83 Å². The largest absolute Gasteiger partial charge is 0.300 e. The van der Waals surface area contributed by atoms with E-state index < -0.39 is 26.0 Å². The van der Waals surface area contributed by atoms with E-state index in [1.807, 2.05) is 0 Å². The van der Waals surface area contributed by atoms with Gasteiger partial charge in [0.25, 0.3) is 0 Å². The smallest absolute Gasteiger partial charge is 0.197 e. The molecule has 0 fully saturated rings. The van der Waals surface area contributed by atoms with Gasteiger partial charge in [0.1, 0.15) is 5.82 Å². The molecule has 0 spiro atoms. The van der Waals surface area contributed by atoms with Crippen LogP contribution < -0.4 is 0 Å². The van der Waals surface area contributed by atoms with Crippen molar-refractivity contribution >= 4 is 5.69 Å². The van der Waals surface area contributed by atoms with Crippen molar-refractivity contribution in [3.63, 3.8) is 0 Å². The van der Waals surface area contributed by atoms with Crippen molar-refractivity contribution in [3.8, 4) is 17.1 Å². The molecule has 3 nitrogen and oxygen atoms in total. The van der Waals surface area contributed by atoms with Gasteiger partial charge < -0.3 is 4.57 Å². The molecule has 2 aromatic carbocycles. The lowest BCUT2D eigenvalue weighted by molar-refractivity contribution is 1.03. The zero-order chi connectivity index (χ0) is 21.6. The van der Waals surface area contributed by atoms with Gasteiger partial charge in [-0.2, -0.15) is 0 Å². The van der Waals surface area contributed by atoms with Gasteiger partial charge in [-0.15, -0.1) is 0 Å². The van der Waals surface area contributed by atoms with Crippen LogP contribution in [0.5, 0.6) is 0 Å². The van der Waals surface area contributed by atoms with Crippen LogP contribution in [0.25, 0.3) is 21.9 Å². The van der Waals surface area contributed by atoms with Gasteiger partial charge in [-0.3, -0.25) is 0 Å². The van der Waals surface area contributed by atoms with Crippen LogP contribution in [-0.4, -0.2) is 9.55 Å². The van der Waals surface area contributed by atoms with Crippen LogP contribution in [0.3, 0.4) is 0 Å². The Kier molecular flexibility index (Phi) is 1.69. The molecule has 0 saturated heterocycles. The van der Waals surface area contributed by atoms with Crippen molar-refractivity contribution in [2.45, 2.75) is 13.7 Å². The molecule has 0 radical (unpaired) electrons. The molecule has 102 valence electrons. The molecule has 1 aromatic heterocycles. The molecule has 0 amide bonds. The van der Waals surface area contributed by atoms with Gasteiger partial charge in [-0.1, -0.05) is 42.5 Å². The van der Waals surface area contributed by atoms with E-state index >= 15 is 0 Å². The van der Waals surface area contributed by atoms with Crippen molar-refractivity contribution in [1.29, 1.82) is 0 Å². The van der Waals surface area contributed by atoms with Gasteiger partial charge in [-0.05, 0) is 24.8 Å². The van der Waals surface area contributed by atoms with Gasteiger partial charge in [-0.25, -0.2) is 9.83 Å². The highest BCUT2D eigenvalue weighted by Gasteiger charge is 2.14. The molecule has 0 aliphatic carbocycles. The zero-order valence-corrected chi connectivity index (χ0v) is 10.9. The van der Waals surface area contributed by atoms with Crippen LogP contribution in [0.4, 0.5) is 5.69 Å². The molecule has 3 rings (SSSR count). The summed E-state index contributed by atoms with van der Waals surface area (Å²) in [5.41, 5.74) is -0.345. The number of nitrogens with zero attached hydrogens (tertiary/aromatic N) is 3. The second-order valence-corrected chi connectivity index (χ2v) is 4.33. The predicted molar refractivity (Wildman–Crippen MR) is 84.7 cm³/mol. The number of hydrogen-bond acceptors (Lipinski definition) is 1. The maximum Gasteiger partial charge on any atom is 0.197 e. The Bertz CT molecular complexity index is 1090. The Labute approximate surface area is 135 Å². The van der Waals surface area contributed by atoms with Crippen LogP contribution in [0.15, 0.2) is 54.8 Å². The first-order valence-electron chi connectivity index (χ1n) is 10.1. The maximum atomic E-state index is 8.30. The van der Waals surface area contributed by atoms with E-state index in [4.69, 9.17) is 17.5 Å². The average molecular weight is 281 g/mol. The third-order valence-corrected chi connectivity index (χ3v) is 3.06. The highest BCUT2D eigenvalue weighted by atomic mass is 15.1. The van der Waals surface area contributed by atoms with E-state index in [9.17, 15) is 0 Å². The first-order chi connectivity index (χ1) is 13.5. The van der Waals surface area contributed by atoms with Crippen LogP contribution in [0.2, 0.25) is 0 Å². The third-order valence-electron chi connectivity index (χ3n) is 3.06. The van der Waals surface area contributed by atoms with Gasteiger partial charge in [0.2, 0.25) is 0 Å². The fraction of sp³-hybridized carbons (Fsp3) is 0.111. The first-order valence-corrected chi connectivity index (χ1v) is 6.14. The van der Waals surface area contributed by atoms with Gasteiger partial charge >= 0.3 is 0 Å². The van der Waals surface area contributed by atoms with Crippen molar-refractivity contribution in [1.82, 2.24) is 9.55 Å². The number of benzene rings is 2. The monoisotopic (exact) mass is 281 g/mol. The molecule has 0 N–H and O–H groups in total. The average Bonchev–Trinajstić information content (AvgIpc) is 2.94. The van der Waals surface area contributed by atoms with E-state index in [1.54, 1.807) is 18.2 Å². The minimum Gasteiger partial charge on any atom is -0.300 e. The summed E-state index contributed by atoms with van der Waals surface area (Å²) in [5, 5.41) is 0. The summed E-state index contributed by atoms with van der Waals surface area (Å²) >= 11 is 0. The Hall–Kier alpha value is -2.86. The molecule has 0 atom stereocenters. The molecule has 3 aromatic rings. The van der Waals surface area contributed by atoms with Crippen molar-refractivity contribution < 1.29 is 11.0 Å². The van der Waals surface area contributed by atoms with Gasteiger partial charge in [0.05, 0.1) is 15.0 Å². The lowest BCUT2D eigenvalue weighted by Gasteiger charge is -2.14. The summed E-state index contributed by atoms with van der Waals surface area (Å²) in [5.74, 6) is -0.0335. The second-order valence-electron chi connectivity index (χ2n) is 4.33. The number of hydrogen-bond donors (Lipinski definition) is 0. The molecule has 1 heterocycles. The first kappa shape index (κ1) is 6.73. The lowest BCUT2D eigenvalue weighted by Crippen LogP contribution is -2.01. The second kappa shape index (κ2) is 5.26. The van der Waals surface area contributed by atoms with Gasteiger partial charge in [0.15, 0.2) is 5.69 Å². The molecule has 0 aliphatic heterocycles. The number of rotatable bonds is 2. The normalized spacial score (nSPS) is 17.1. The minimum absolute atomic E-state index is 0.0335. The van der Waals surface area contributed by atoms with E-state index in [1.165, 1.54) is 24.3 Å². The van der Waals surface area contributed by atoms with Crippen LogP contribution in [0.1, 0.15) is 22.1 Å². The van der Waals surface area contributed by atoms with Crippen LogP contribution >= 0.6 is 0 Å². The minimum atomic E-state index is -2.67.